The van der Waals surface area contributed by atoms with Crippen LogP contribution in [0.2, 0.25) is 0 Å². The third-order valence-electron chi connectivity index (χ3n) is 4.61. The Morgan fingerprint density at radius 2 is 1.93 bits per heavy atom. The van der Waals surface area contributed by atoms with E-state index in [9.17, 15) is 8.42 Å². The normalized spacial score (nSPS) is 11.9. The number of H-pyrrole nitrogens is 1. The van der Waals surface area contributed by atoms with Crippen LogP contribution in [0, 0.1) is 0 Å². The van der Waals surface area contributed by atoms with Crippen LogP contribution in [-0.4, -0.2) is 36.3 Å². The zero-order chi connectivity index (χ0) is 19.7. The van der Waals surface area contributed by atoms with Crippen molar-refractivity contribution in [2.24, 2.45) is 5.73 Å². The van der Waals surface area contributed by atoms with Gasteiger partial charge in [-0.3, -0.25) is 0 Å². The van der Waals surface area contributed by atoms with E-state index in [1.807, 2.05) is 24.4 Å². The average molecular weight is 396 g/mol. The van der Waals surface area contributed by atoms with Crippen molar-refractivity contribution in [1.82, 2.24) is 15.1 Å². The minimum absolute atomic E-state index is 0.290. The van der Waals surface area contributed by atoms with E-state index in [-0.39, 0.29) is 4.90 Å². The summed E-state index contributed by atoms with van der Waals surface area (Å²) in [6.45, 7) is 0.583. The molecule has 0 bridgehead atoms. The molecule has 0 atom stereocenters. The summed E-state index contributed by atoms with van der Waals surface area (Å²) >= 11 is 0. The number of benzene rings is 2. The zero-order valence-electron chi connectivity index (χ0n) is 15.3. The molecule has 7 nitrogen and oxygen atoms in total. The molecule has 3 N–H and O–H groups in total. The second-order valence-electron chi connectivity index (χ2n) is 6.72. The van der Waals surface area contributed by atoms with Gasteiger partial charge in [-0.15, -0.1) is 0 Å². The summed E-state index contributed by atoms with van der Waals surface area (Å²) in [5, 5.41) is 5.15. The highest BCUT2D eigenvalue weighted by atomic mass is 32.2. The Morgan fingerprint density at radius 1 is 1.14 bits per heavy atom. The lowest BCUT2D eigenvalue weighted by atomic mass is 10.1. The minimum atomic E-state index is -3.21. The van der Waals surface area contributed by atoms with Gasteiger partial charge in [0.1, 0.15) is 0 Å². The highest BCUT2D eigenvalue weighted by molar-refractivity contribution is 7.90. The van der Waals surface area contributed by atoms with Crippen LogP contribution in [0.3, 0.4) is 0 Å². The molecule has 2 aromatic heterocycles. The predicted molar refractivity (Wildman–Crippen MR) is 107 cm³/mol. The molecule has 0 fully saturated rings. The molecule has 0 saturated carbocycles. The van der Waals surface area contributed by atoms with Gasteiger partial charge >= 0.3 is 0 Å². The first-order chi connectivity index (χ1) is 13.4. The number of sulfone groups is 1. The molecule has 0 radical (unpaired) electrons. The second-order valence-corrected chi connectivity index (χ2v) is 8.74. The van der Waals surface area contributed by atoms with Crippen molar-refractivity contribution >= 4 is 20.7 Å². The van der Waals surface area contributed by atoms with Gasteiger partial charge in [-0.1, -0.05) is 17.3 Å². The predicted octanol–water partition coefficient (Wildman–Crippen LogP) is 2.71. The van der Waals surface area contributed by atoms with Crippen molar-refractivity contribution in [2.75, 3.05) is 12.8 Å². The Kier molecular flexibility index (Phi) is 4.74. The quantitative estimate of drug-likeness (QED) is 0.518. The largest absolute Gasteiger partial charge is 0.361 e. The Balaban J connectivity index is 1.57. The molecule has 2 heterocycles. The molecule has 0 amide bonds. The Morgan fingerprint density at radius 3 is 2.64 bits per heavy atom. The Hall–Kier alpha value is -2.97. The van der Waals surface area contributed by atoms with Crippen molar-refractivity contribution < 1.29 is 12.9 Å². The SMILES string of the molecule is CS(=O)(=O)c1ccc(Cc2noc(-c3ccc4[nH]cc(CCN)c4c3)n2)cc1. The van der Waals surface area contributed by atoms with E-state index in [4.69, 9.17) is 10.3 Å². The number of aromatic nitrogens is 3. The summed E-state index contributed by atoms with van der Waals surface area (Å²) in [5.41, 5.74) is 9.63. The van der Waals surface area contributed by atoms with Gasteiger partial charge in [0, 0.05) is 35.3 Å². The molecule has 144 valence electrons. The maximum atomic E-state index is 11.6. The first-order valence-corrected chi connectivity index (χ1v) is 10.8. The van der Waals surface area contributed by atoms with Crippen molar-refractivity contribution in [3.05, 3.63) is 65.6 Å². The van der Waals surface area contributed by atoms with E-state index in [1.54, 1.807) is 24.3 Å². The van der Waals surface area contributed by atoms with Crippen LogP contribution in [0.1, 0.15) is 17.0 Å². The van der Waals surface area contributed by atoms with Crippen LogP contribution in [0.4, 0.5) is 0 Å². The third kappa shape index (κ3) is 3.69. The van der Waals surface area contributed by atoms with Crippen LogP contribution in [0.5, 0.6) is 0 Å². The lowest BCUT2D eigenvalue weighted by Gasteiger charge is -2.00. The fraction of sp³-hybridized carbons (Fsp3) is 0.200. The number of nitrogens with zero attached hydrogens (tertiary/aromatic N) is 2. The summed E-state index contributed by atoms with van der Waals surface area (Å²) < 4.78 is 28.5. The van der Waals surface area contributed by atoms with E-state index < -0.39 is 9.84 Å². The van der Waals surface area contributed by atoms with E-state index in [1.165, 1.54) is 6.26 Å². The molecule has 2 aromatic carbocycles. The highest BCUT2D eigenvalue weighted by Crippen LogP contribution is 2.26. The summed E-state index contributed by atoms with van der Waals surface area (Å²) in [5.74, 6) is 0.989. The topological polar surface area (TPSA) is 115 Å². The van der Waals surface area contributed by atoms with Crippen molar-refractivity contribution in [1.29, 1.82) is 0 Å². The number of rotatable bonds is 6. The second kappa shape index (κ2) is 7.21. The molecule has 0 saturated heterocycles. The van der Waals surface area contributed by atoms with Crippen molar-refractivity contribution in [2.45, 2.75) is 17.7 Å². The van der Waals surface area contributed by atoms with Gasteiger partial charge in [-0.05, 0) is 54.4 Å². The fourth-order valence-corrected chi connectivity index (χ4v) is 3.78. The van der Waals surface area contributed by atoms with Gasteiger partial charge in [-0.2, -0.15) is 4.98 Å². The summed E-state index contributed by atoms with van der Waals surface area (Å²) in [7, 11) is -3.21. The van der Waals surface area contributed by atoms with E-state index in [0.717, 1.165) is 34.0 Å². The van der Waals surface area contributed by atoms with Crippen LogP contribution < -0.4 is 5.73 Å². The number of hydrogen-bond acceptors (Lipinski definition) is 6. The van der Waals surface area contributed by atoms with Gasteiger partial charge < -0.3 is 15.2 Å². The van der Waals surface area contributed by atoms with Gasteiger partial charge in [0.05, 0.1) is 4.90 Å². The lowest BCUT2D eigenvalue weighted by Crippen LogP contribution is -2.01. The minimum Gasteiger partial charge on any atom is -0.361 e. The molecule has 0 aliphatic carbocycles. The van der Waals surface area contributed by atoms with Crippen LogP contribution in [-0.2, 0) is 22.7 Å². The highest BCUT2D eigenvalue weighted by Gasteiger charge is 2.13. The van der Waals surface area contributed by atoms with Gasteiger partial charge in [0.25, 0.3) is 5.89 Å². The number of nitrogens with one attached hydrogen (secondary N) is 1. The van der Waals surface area contributed by atoms with Crippen molar-refractivity contribution in [3.63, 3.8) is 0 Å². The lowest BCUT2D eigenvalue weighted by molar-refractivity contribution is 0.424. The van der Waals surface area contributed by atoms with Gasteiger partial charge in [-0.25, -0.2) is 8.42 Å². The van der Waals surface area contributed by atoms with E-state index in [0.29, 0.717) is 24.7 Å². The van der Waals surface area contributed by atoms with Gasteiger partial charge in [0.2, 0.25) is 0 Å². The van der Waals surface area contributed by atoms with Gasteiger partial charge in [0.15, 0.2) is 15.7 Å². The third-order valence-corrected chi connectivity index (χ3v) is 5.74. The number of nitrogens with two attached hydrogens (primary N) is 1. The maximum absolute atomic E-state index is 11.6. The standard InChI is InChI=1S/C20H20N4O3S/c1-28(25,26)16-5-2-13(3-6-16)10-19-23-20(27-24-19)14-4-7-18-17(11-14)15(8-9-21)12-22-18/h2-7,11-12,22H,8-10,21H2,1H3. The van der Waals surface area contributed by atoms with Crippen LogP contribution in [0.15, 0.2) is 58.1 Å². The molecule has 0 unspecified atom stereocenters. The average Bonchev–Trinajstić information content (AvgIpc) is 3.29. The molecule has 8 heteroatoms. The van der Waals surface area contributed by atoms with Crippen LogP contribution >= 0.6 is 0 Å². The summed E-state index contributed by atoms with van der Waals surface area (Å²) in [4.78, 5) is 8.01. The molecule has 4 rings (SSSR count). The Labute approximate surface area is 162 Å². The zero-order valence-corrected chi connectivity index (χ0v) is 16.2. The molecular weight excluding hydrogens is 376 g/mol. The van der Waals surface area contributed by atoms with Crippen LogP contribution in [0.25, 0.3) is 22.4 Å². The number of hydrogen-bond donors (Lipinski definition) is 2. The summed E-state index contributed by atoms with van der Waals surface area (Å²) in [6, 6.07) is 12.6. The molecule has 0 spiro atoms. The van der Waals surface area contributed by atoms with E-state index >= 15 is 0 Å². The number of aromatic amines is 1. The van der Waals surface area contributed by atoms with Crippen molar-refractivity contribution in [3.8, 4) is 11.5 Å². The van der Waals surface area contributed by atoms with E-state index in [2.05, 4.69) is 15.1 Å². The molecule has 28 heavy (non-hydrogen) atoms. The Bertz CT molecular complexity index is 1220. The smallest absolute Gasteiger partial charge is 0.257 e. The molecule has 4 aromatic rings. The molecular formula is C20H20N4O3S. The first-order valence-electron chi connectivity index (χ1n) is 8.86. The first kappa shape index (κ1) is 18.4. The maximum Gasteiger partial charge on any atom is 0.257 e. The molecule has 0 aliphatic rings. The molecule has 0 aliphatic heterocycles. The number of fused-ring (bicyclic) bond motifs is 1. The summed E-state index contributed by atoms with van der Waals surface area (Å²) in [6.07, 6.45) is 4.41. The monoisotopic (exact) mass is 396 g/mol. The fourth-order valence-electron chi connectivity index (χ4n) is 3.15.